The van der Waals surface area contributed by atoms with Gasteiger partial charge in [0.15, 0.2) is 11.5 Å². The molecule has 0 unspecified atom stereocenters. The van der Waals surface area contributed by atoms with E-state index in [1.165, 1.54) is 6.07 Å². The number of aryl methyl sites for hydroxylation is 1. The smallest absolute Gasteiger partial charge is 0.308 e. The van der Waals surface area contributed by atoms with Gasteiger partial charge in [-0.15, -0.1) is 0 Å². The number of likely N-dealkylation sites (tertiary alicyclic amines) is 1. The largest absolute Gasteiger partial charge is 0.493 e. The molecule has 2 aliphatic heterocycles. The molecule has 2 aromatic rings. The van der Waals surface area contributed by atoms with Crippen LogP contribution < -0.4 is 19.8 Å². The summed E-state index contributed by atoms with van der Waals surface area (Å²) in [7, 11) is 7.96. The quantitative estimate of drug-likeness (QED) is 0.311. The van der Waals surface area contributed by atoms with Gasteiger partial charge in [-0.3, -0.25) is 19.3 Å². The maximum atomic E-state index is 13.8. The Hall–Kier alpha value is -3.57. The minimum Gasteiger partial charge on any atom is -0.493 e. The lowest BCUT2D eigenvalue weighted by Gasteiger charge is -2.31. The van der Waals surface area contributed by atoms with Gasteiger partial charge < -0.3 is 33.3 Å². The number of carboxylic acids is 1. The maximum absolute atomic E-state index is 13.8. The molecule has 3 atom stereocenters. The maximum Gasteiger partial charge on any atom is 0.308 e. The van der Waals surface area contributed by atoms with Crippen molar-refractivity contribution in [3.8, 4) is 17.2 Å². The summed E-state index contributed by atoms with van der Waals surface area (Å²) in [6, 6.07) is 8.15. The predicted octanol–water partition coefficient (Wildman–Crippen LogP) is 2.87. The number of carboxylic acid groups (broad SMARTS) is 1. The lowest BCUT2D eigenvalue weighted by atomic mass is 9.84. The van der Waals surface area contributed by atoms with Gasteiger partial charge >= 0.3 is 5.97 Å². The van der Waals surface area contributed by atoms with Gasteiger partial charge in [-0.05, 0) is 36.6 Å². The van der Waals surface area contributed by atoms with Crippen molar-refractivity contribution in [3.05, 3.63) is 52.4 Å². The summed E-state index contributed by atoms with van der Waals surface area (Å²) in [5.74, 6) is -0.656. The van der Waals surface area contributed by atoms with Gasteiger partial charge in [0.05, 0.1) is 47.3 Å². The molecule has 1 aromatic heterocycles. The number of aliphatic carboxylic acids is 1. The van der Waals surface area contributed by atoms with Crippen molar-refractivity contribution in [1.29, 1.82) is 0 Å². The highest BCUT2D eigenvalue weighted by Gasteiger charge is 2.47. The molecule has 11 heteroatoms. The molecule has 0 bridgehead atoms. The first-order chi connectivity index (χ1) is 20.5. The van der Waals surface area contributed by atoms with Gasteiger partial charge in [0.2, 0.25) is 24.0 Å². The number of unbranched alkanes of at least 4 members (excludes halogenated alkanes) is 1. The van der Waals surface area contributed by atoms with Gasteiger partial charge in [-0.2, -0.15) is 0 Å². The predicted molar refractivity (Wildman–Crippen MR) is 163 cm³/mol. The summed E-state index contributed by atoms with van der Waals surface area (Å²) >= 11 is 0. The highest BCUT2D eigenvalue weighted by Crippen LogP contribution is 2.47. The van der Waals surface area contributed by atoms with Crippen LogP contribution >= 0.6 is 0 Å². The Morgan fingerprint density at radius 3 is 2.58 bits per heavy atom. The summed E-state index contributed by atoms with van der Waals surface area (Å²) in [5, 5.41) is 10.6. The van der Waals surface area contributed by atoms with Gasteiger partial charge in [-0.25, -0.2) is 0 Å². The van der Waals surface area contributed by atoms with Gasteiger partial charge in [0, 0.05) is 56.8 Å². The van der Waals surface area contributed by atoms with E-state index in [1.807, 2.05) is 21.9 Å². The molecule has 1 saturated heterocycles. The third-order valence-electron chi connectivity index (χ3n) is 8.44. The Kier molecular flexibility index (Phi) is 10.7. The minimum absolute atomic E-state index is 0.00444. The average Bonchev–Trinajstić information content (AvgIpc) is 3.58. The lowest BCUT2D eigenvalue weighted by molar-refractivity contribution is -0.870. The Morgan fingerprint density at radius 1 is 1.14 bits per heavy atom. The normalized spacial score (nSPS) is 19.9. The number of benzene rings is 1. The van der Waals surface area contributed by atoms with Gasteiger partial charge in [-0.1, -0.05) is 19.4 Å². The van der Waals surface area contributed by atoms with Crippen molar-refractivity contribution >= 4 is 11.9 Å². The van der Waals surface area contributed by atoms with Crippen LogP contribution in [-0.2, 0) is 16.1 Å². The summed E-state index contributed by atoms with van der Waals surface area (Å²) in [4.78, 5) is 43.2. The molecule has 0 aliphatic carbocycles. The number of aromatic nitrogens is 1. The average molecular weight is 600 g/mol. The van der Waals surface area contributed by atoms with Crippen LogP contribution in [0.5, 0.6) is 17.2 Å². The number of rotatable bonds is 15. The van der Waals surface area contributed by atoms with E-state index in [0.29, 0.717) is 49.8 Å². The van der Waals surface area contributed by atoms with Crippen molar-refractivity contribution in [3.63, 3.8) is 0 Å². The van der Waals surface area contributed by atoms with Crippen molar-refractivity contribution in [2.75, 3.05) is 67.8 Å². The third kappa shape index (κ3) is 8.08. The van der Waals surface area contributed by atoms with E-state index in [0.717, 1.165) is 35.9 Å². The van der Waals surface area contributed by atoms with E-state index in [9.17, 15) is 19.5 Å². The van der Waals surface area contributed by atoms with Crippen LogP contribution in [0.1, 0.15) is 44.1 Å². The first-order valence-corrected chi connectivity index (χ1v) is 15.2. The molecular weight excluding hydrogens is 552 g/mol. The molecule has 1 aromatic carbocycles. The minimum atomic E-state index is -0.937. The third-order valence-corrected chi connectivity index (χ3v) is 8.44. The number of carbonyl (C=O) groups excluding carboxylic acids is 1. The summed E-state index contributed by atoms with van der Waals surface area (Å²) in [5.41, 5.74) is 0.617. The van der Waals surface area contributed by atoms with Crippen molar-refractivity contribution < 1.29 is 33.4 Å². The van der Waals surface area contributed by atoms with Crippen molar-refractivity contribution in [2.24, 2.45) is 5.92 Å². The second-order valence-electron chi connectivity index (χ2n) is 12.5. The van der Waals surface area contributed by atoms with E-state index in [2.05, 4.69) is 28.1 Å². The first-order valence-electron chi connectivity index (χ1n) is 15.2. The zero-order chi connectivity index (χ0) is 31.1. The van der Waals surface area contributed by atoms with Gasteiger partial charge in [0.25, 0.3) is 0 Å². The second kappa shape index (κ2) is 14.3. The van der Waals surface area contributed by atoms with E-state index in [1.54, 1.807) is 30.0 Å². The van der Waals surface area contributed by atoms with Crippen LogP contribution in [0.3, 0.4) is 0 Å². The molecule has 43 heavy (non-hydrogen) atoms. The molecule has 1 amide bonds. The number of ether oxygens (including phenoxy) is 3. The number of quaternary nitrogens is 1. The molecule has 11 nitrogen and oxygen atoms in total. The van der Waals surface area contributed by atoms with Crippen molar-refractivity contribution in [1.82, 2.24) is 14.4 Å². The van der Waals surface area contributed by atoms with Crippen LogP contribution in [-0.4, -0.2) is 110 Å². The molecule has 0 saturated carbocycles. The van der Waals surface area contributed by atoms with Gasteiger partial charge in [0.1, 0.15) is 0 Å². The fourth-order valence-corrected chi connectivity index (χ4v) is 6.19. The highest BCUT2D eigenvalue weighted by molar-refractivity contribution is 5.79. The summed E-state index contributed by atoms with van der Waals surface area (Å²) in [6.07, 6.45) is 4.89. The Labute approximate surface area is 254 Å². The topological polar surface area (TPSA) is 111 Å². The molecule has 4 rings (SSSR count). The number of hydrogen-bond acceptors (Lipinski definition) is 7. The van der Waals surface area contributed by atoms with E-state index in [-0.39, 0.29) is 24.8 Å². The number of nitrogens with zero attached hydrogens (tertiary/aromatic N) is 4. The van der Waals surface area contributed by atoms with Crippen LogP contribution in [0.15, 0.2) is 41.3 Å². The fraction of sp³-hybridized carbons (Fsp3) is 0.594. The van der Waals surface area contributed by atoms with Crippen LogP contribution in [0.2, 0.25) is 0 Å². The number of fused-ring (bicyclic) bond motifs is 1. The standard InChI is InChI=1S/C32H46N4O7/c1-6-7-13-33(15-10-17-36(2,3)4)29(38)21-35-20-24(23-18-26(41-5)31-27(19-23)42-22-43-31)30(32(39)40)25(35)12-16-34-14-9-8-11-28(34)37/h8-9,11,14,18-19,24-25,30H,6-7,10,12-13,15-17,20-22H2,1-5H3/p+1/t24-,25+,30-/m1/s1. The number of carbonyl (C=O) groups is 2. The van der Waals surface area contributed by atoms with E-state index >= 15 is 0 Å². The summed E-state index contributed by atoms with van der Waals surface area (Å²) in [6.45, 7) is 5.30. The zero-order valence-corrected chi connectivity index (χ0v) is 26.2. The SMILES string of the molecule is CCCCN(CCC[N+](C)(C)C)C(=O)CN1C[C@H](c2cc(OC)c3c(c2)OCO3)[C@@H](C(=O)O)[C@@H]1CCn1ccccc1=O. The van der Waals surface area contributed by atoms with Crippen molar-refractivity contribution in [2.45, 2.75) is 51.1 Å². The molecule has 1 N–H and O–H groups in total. The number of amides is 1. The monoisotopic (exact) mass is 599 g/mol. The lowest BCUT2D eigenvalue weighted by Crippen LogP contribution is -2.46. The Morgan fingerprint density at radius 2 is 1.91 bits per heavy atom. The molecule has 0 spiro atoms. The fourth-order valence-electron chi connectivity index (χ4n) is 6.19. The first kappa shape index (κ1) is 32.3. The zero-order valence-electron chi connectivity index (χ0n) is 26.2. The van der Waals surface area contributed by atoms with Crippen LogP contribution in [0, 0.1) is 5.92 Å². The molecule has 2 aliphatic rings. The van der Waals surface area contributed by atoms with Crippen LogP contribution in [0.25, 0.3) is 0 Å². The molecule has 3 heterocycles. The van der Waals surface area contributed by atoms with E-state index < -0.39 is 23.8 Å². The summed E-state index contributed by atoms with van der Waals surface area (Å²) < 4.78 is 19.2. The molecule has 0 radical (unpaired) electrons. The number of hydrogen-bond donors (Lipinski definition) is 1. The Balaban J connectivity index is 1.63. The highest BCUT2D eigenvalue weighted by atomic mass is 16.7. The molecule has 236 valence electrons. The second-order valence-corrected chi connectivity index (χ2v) is 12.5. The molecular formula is C32H47N4O7+. The van der Waals surface area contributed by atoms with Crippen LogP contribution in [0.4, 0.5) is 0 Å². The van der Waals surface area contributed by atoms with E-state index in [4.69, 9.17) is 14.2 Å². The number of methoxy groups -OCH3 is 1. The Bertz CT molecular complexity index is 1320. The molecule has 1 fully saturated rings. The number of pyridine rings is 1.